The number of hydrogen-bond donors (Lipinski definition) is 3. The van der Waals surface area contributed by atoms with Gasteiger partial charge in [0.1, 0.15) is 17.5 Å². The van der Waals surface area contributed by atoms with Crippen molar-refractivity contribution in [2.75, 3.05) is 34.4 Å². The molecular formula is C21H27F3N8O. The summed E-state index contributed by atoms with van der Waals surface area (Å²) in [5, 5.41) is 9.33. The SMILES string of the molecule is Cc1nc(N[C@H]2C[C@@H](CNc3cnc(C(F)(F)F)cn3)C2)nc2c1NC(=O)[C@H](C(C)C)N2C. The highest BCUT2D eigenvalue weighted by Crippen LogP contribution is 2.36. The predicted molar refractivity (Wildman–Crippen MR) is 118 cm³/mol. The molecule has 3 N–H and O–H groups in total. The van der Waals surface area contributed by atoms with E-state index < -0.39 is 11.9 Å². The molecule has 1 aliphatic heterocycles. The molecule has 1 saturated carbocycles. The van der Waals surface area contributed by atoms with Crippen LogP contribution >= 0.6 is 0 Å². The van der Waals surface area contributed by atoms with Crippen LogP contribution in [0.4, 0.5) is 36.4 Å². The molecule has 4 rings (SSSR count). The maximum Gasteiger partial charge on any atom is 0.434 e. The van der Waals surface area contributed by atoms with Crippen LogP contribution in [0.25, 0.3) is 0 Å². The Morgan fingerprint density at radius 3 is 2.55 bits per heavy atom. The lowest BCUT2D eigenvalue weighted by Gasteiger charge is -2.38. The summed E-state index contributed by atoms with van der Waals surface area (Å²) in [5.41, 5.74) is 0.327. The zero-order valence-corrected chi connectivity index (χ0v) is 18.9. The monoisotopic (exact) mass is 464 g/mol. The van der Waals surface area contributed by atoms with Crippen LogP contribution in [0.1, 0.15) is 38.1 Å². The van der Waals surface area contributed by atoms with Crippen molar-refractivity contribution in [2.24, 2.45) is 11.8 Å². The number of hydrogen-bond acceptors (Lipinski definition) is 8. The normalized spacial score (nSPS) is 22.5. The first-order chi connectivity index (χ1) is 15.5. The summed E-state index contributed by atoms with van der Waals surface area (Å²) in [6.45, 7) is 6.43. The van der Waals surface area contributed by atoms with Gasteiger partial charge in [0.25, 0.3) is 0 Å². The minimum atomic E-state index is -4.49. The van der Waals surface area contributed by atoms with E-state index in [0.29, 0.717) is 41.4 Å². The minimum Gasteiger partial charge on any atom is -0.369 e. The molecule has 2 aromatic heterocycles. The number of alkyl halides is 3. The van der Waals surface area contributed by atoms with Crippen LogP contribution in [0.5, 0.6) is 0 Å². The number of halogens is 3. The highest BCUT2D eigenvalue weighted by atomic mass is 19.4. The standard InChI is InChI=1S/C21H27F3N8O/c1-10(2)17-19(33)30-16-11(3)28-20(31-18(16)32(17)4)29-13-5-12(6-13)7-26-15-9-25-14(8-27-15)21(22,23)24/h8-10,12-13,17H,5-7H2,1-4H3,(H,26,27)(H,30,33)(H,28,29,31)/t12-,13+,17-/m0/s1. The van der Waals surface area contributed by atoms with E-state index in [4.69, 9.17) is 0 Å². The number of amides is 1. The molecule has 1 amide bonds. The molecule has 33 heavy (non-hydrogen) atoms. The molecule has 1 fully saturated rings. The Morgan fingerprint density at radius 1 is 1.21 bits per heavy atom. The maximum absolute atomic E-state index is 12.6. The Bertz CT molecular complexity index is 1020. The van der Waals surface area contributed by atoms with Gasteiger partial charge in [-0.05, 0) is 31.6 Å². The molecule has 1 aliphatic carbocycles. The second-order valence-corrected chi connectivity index (χ2v) is 8.96. The second kappa shape index (κ2) is 8.64. The van der Waals surface area contributed by atoms with Crippen LogP contribution in [0.3, 0.4) is 0 Å². The first-order valence-electron chi connectivity index (χ1n) is 10.8. The van der Waals surface area contributed by atoms with Gasteiger partial charge < -0.3 is 20.9 Å². The number of aromatic nitrogens is 4. The third kappa shape index (κ3) is 4.79. The quantitative estimate of drug-likeness (QED) is 0.598. The highest BCUT2D eigenvalue weighted by Gasteiger charge is 2.36. The van der Waals surface area contributed by atoms with Gasteiger partial charge in [-0.3, -0.25) is 4.79 Å². The third-order valence-electron chi connectivity index (χ3n) is 6.05. The van der Waals surface area contributed by atoms with Crippen molar-refractivity contribution in [2.45, 2.75) is 51.9 Å². The topological polar surface area (TPSA) is 108 Å². The summed E-state index contributed by atoms with van der Waals surface area (Å²) < 4.78 is 37.7. The lowest BCUT2D eigenvalue weighted by molar-refractivity contribution is -0.141. The molecule has 0 spiro atoms. The van der Waals surface area contributed by atoms with E-state index >= 15 is 0 Å². The van der Waals surface area contributed by atoms with Crippen LogP contribution in [0.2, 0.25) is 0 Å². The van der Waals surface area contributed by atoms with Crippen molar-refractivity contribution < 1.29 is 18.0 Å². The Labute approximate surface area is 189 Å². The summed E-state index contributed by atoms with van der Waals surface area (Å²) in [7, 11) is 1.87. The Balaban J connectivity index is 1.32. The fraction of sp³-hybridized carbons (Fsp3) is 0.571. The van der Waals surface area contributed by atoms with Crippen LogP contribution in [-0.4, -0.2) is 51.5 Å². The lowest BCUT2D eigenvalue weighted by Crippen LogP contribution is -2.50. The molecule has 2 aromatic rings. The second-order valence-electron chi connectivity index (χ2n) is 8.96. The number of nitrogens with zero attached hydrogens (tertiary/aromatic N) is 5. The van der Waals surface area contributed by atoms with Crippen LogP contribution in [0.15, 0.2) is 12.4 Å². The van der Waals surface area contributed by atoms with E-state index in [1.54, 1.807) is 0 Å². The molecule has 3 heterocycles. The third-order valence-corrected chi connectivity index (χ3v) is 6.05. The van der Waals surface area contributed by atoms with Gasteiger partial charge in [0, 0.05) is 19.6 Å². The number of fused-ring (bicyclic) bond motifs is 1. The smallest absolute Gasteiger partial charge is 0.369 e. The van der Waals surface area contributed by atoms with E-state index in [1.807, 2.05) is 32.7 Å². The molecule has 0 bridgehead atoms. The van der Waals surface area contributed by atoms with Gasteiger partial charge in [0.05, 0.1) is 18.1 Å². The van der Waals surface area contributed by atoms with Gasteiger partial charge in [0.15, 0.2) is 11.5 Å². The molecule has 0 saturated heterocycles. The van der Waals surface area contributed by atoms with E-state index in [0.717, 1.165) is 25.2 Å². The molecule has 0 aromatic carbocycles. The summed E-state index contributed by atoms with van der Waals surface area (Å²) in [6, 6.07) is -0.107. The fourth-order valence-corrected chi connectivity index (χ4v) is 4.30. The Hall–Kier alpha value is -3.18. The molecular weight excluding hydrogens is 437 g/mol. The maximum atomic E-state index is 12.6. The fourth-order valence-electron chi connectivity index (χ4n) is 4.30. The number of rotatable bonds is 6. The van der Waals surface area contributed by atoms with Gasteiger partial charge in [0.2, 0.25) is 11.9 Å². The molecule has 1 atom stereocenters. The van der Waals surface area contributed by atoms with Crippen molar-refractivity contribution in [3.8, 4) is 0 Å². The van der Waals surface area contributed by atoms with Crippen LogP contribution in [0, 0.1) is 18.8 Å². The van der Waals surface area contributed by atoms with Gasteiger partial charge in [-0.15, -0.1) is 0 Å². The average Bonchev–Trinajstić information content (AvgIpc) is 2.70. The van der Waals surface area contributed by atoms with Crippen LogP contribution < -0.4 is 20.9 Å². The number of anilines is 4. The van der Waals surface area contributed by atoms with E-state index in [9.17, 15) is 18.0 Å². The number of carbonyl (C=O) groups is 1. The molecule has 12 heteroatoms. The van der Waals surface area contributed by atoms with E-state index in [2.05, 4.69) is 35.9 Å². The average molecular weight is 464 g/mol. The summed E-state index contributed by atoms with van der Waals surface area (Å²) in [5.74, 6) is 1.95. The lowest BCUT2D eigenvalue weighted by atomic mass is 9.80. The van der Waals surface area contributed by atoms with Crippen molar-refractivity contribution in [3.63, 3.8) is 0 Å². The largest absolute Gasteiger partial charge is 0.434 e. The van der Waals surface area contributed by atoms with Crippen molar-refractivity contribution in [1.29, 1.82) is 0 Å². The summed E-state index contributed by atoms with van der Waals surface area (Å²) in [4.78, 5) is 30.7. The zero-order valence-electron chi connectivity index (χ0n) is 18.9. The van der Waals surface area contributed by atoms with E-state index in [1.165, 1.54) is 0 Å². The van der Waals surface area contributed by atoms with Gasteiger partial charge in [-0.1, -0.05) is 13.8 Å². The van der Waals surface area contributed by atoms with E-state index in [-0.39, 0.29) is 23.9 Å². The Kier molecular flexibility index (Phi) is 6.02. The minimum absolute atomic E-state index is 0.0560. The summed E-state index contributed by atoms with van der Waals surface area (Å²) >= 11 is 0. The number of carbonyl (C=O) groups excluding carboxylic acids is 1. The molecule has 178 valence electrons. The predicted octanol–water partition coefficient (Wildman–Crippen LogP) is 3.31. The zero-order chi connectivity index (χ0) is 23.9. The van der Waals surface area contributed by atoms with Crippen molar-refractivity contribution in [3.05, 3.63) is 23.8 Å². The van der Waals surface area contributed by atoms with Gasteiger partial charge in [-0.2, -0.15) is 18.2 Å². The number of aryl methyl sites for hydroxylation is 1. The number of likely N-dealkylation sites (N-methyl/N-ethyl adjacent to an activating group) is 1. The van der Waals surface area contributed by atoms with Gasteiger partial charge >= 0.3 is 6.18 Å². The first-order valence-corrected chi connectivity index (χ1v) is 10.8. The Morgan fingerprint density at radius 2 is 1.94 bits per heavy atom. The molecule has 9 nitrogen and oxygen atoms in total. The summed E-state index contributed by atoms with van der Waals surface area (Å²) in [6.07, 6.45) is -0.942. The molecule has 2 aliphatic rings. The molecule has 0 radical (unpaired) electrons. The first kappa shape index (κ1) is 23.0. The number of nitrogens with one attached hydrogen (secondary N) is 3. The highest BCUT2D eigenvalue weighted by molar-refractivity contribution is 6.03. The van der Waals surface area contributed by atoms with Gasteiger partial charge in [-0.25, -0.2) is 15.0 Å². The van der Waals surface area contributed by atoms with Crippen molar-refractivity contribution >= 4 is 29.2 Å². The van der Waals surface area contributed by atoms with Crippen molar-refractivity contribution in [1.82, 2.24) is 19.9 Å². The van der Waals surface area contributed by atoms with Crippen LogP contribution in [-0.2, 0) is 11.0 Å². The molecule has 0 unspecified atom stereocenters.